The number of carbonyl (C=O) groups excluding carboxylic acids is 1. The predicted molar refractivity (Wildman–Crippen MR) is 70.5 cm³/mol. The molecule has 106 valence electrons. The van der Waals surface area contributed by atoms with Crippen LogP contribution < -0.4 is 5.32 Å². The van der Waals surface area contributed by atoms with Crippen molar-refractivity contribution >= 4 is 6.03 Å². The highest BCUT2D eigenvalue weighted by molar-refractivity contribution is 5.74. The summed E-state index contributed by atoms with van der Waals surface area (Å²) in [6.45, 7) is 6.52. The van der Waals surface area contributed by atoms with E-state index < -0.39 is 5.60 Å². The molecule has 0 spiro atoms. The first kappa shape index (κ1) is 15.2. The highest BCUT2D eigenvalue weighted by Gasteiger charge is 2.27. The van der Waals surface area contributed by atoms with E-state index in [0.717, 1.165) is 25.9 Å². The molecule has 2 N–H and O–H groups in total. The fourth-order valence-electron chi connectivity index (χ4n) is 2.30. The average molecular weight is 258 g/mol. The van der Waals surface area contributed by atoms with Crippen molar-refractivity contribution in [1.29, 1.82) is 0 Å². The number of urea groups is 1. The van der Waals surface area contributed by atoms with Gasteiger partial charge in [0.1, 0.15) is 0 Å². The van der Waals surface area contributed by atoms with Gasteiger partial charge in [-0.25, -0.2) is 4.79 Å². The van der Waals surface area contributed by atoms with Gasteiger partial charge in [-0.3, -0.25) is 0 Å². The first-order valence-corrected chi connectivity index (χ1v) is 6.69. The molecule has 0 saturated carbocycles. The zero-order chi connectivity index (χ0) is 13.8. The number of nitrogens with zero attached hydrogens (tertiary/aromatic N) is 1. The van der Waals surface area contributed by atoms with Crippen molar-refractivity contribution in [2.24, 2.45) is 0 Å². The third-order valence-corrected chi connectivity index (χ3v) is 3.13. The zero-order valence-electron chi connectivity index (χ0n) is 11.9. The van der Waals surface area contributed by atoms with Crippen LogP contribution >= 0.6 is 0 Å². The van der Waals surface area contributed by atoms with Gasteiger partial charge in [-0.2, -0.15) is 0 Å². The summed E-state index contributed by atoms with van der Waals surface area (Å²) in [5.74, 6) is 0. The van der Waals surface area contributed by atoms with Crippen molar-refractivity contribution < 1.29 is 14.6 Å². The Bertz CT molecular complexity index is 270. The van der Waals surface area contributed by atoms with Crippen molar-refractivity contribution in [1.82, 2.24) is 10.2 Å². The summed E-state index contributed by atoms with van der Waals surface area (Å²) in [4.78, 5) is 13.5. The summed E-state index contributed by atoms with van der Waals surface area (Å²) in [7, 11) is 1.69. The Morgan fingerprint density at radius 1 is 1.61 bits per heavy atom. The van der Waals surface area contributed by atoms with Gasteiger partial charge in [-0.05, 0) is 33.1 Å². The normalized spacial score (nSPS) is 21.7. The molecule has 2 atom stereocenters. The summed E-state index contributed by atoms with van der Waals surface area (Å²) in [5.41, 5.74) is -0.877. The molecule has 5 heteroatoms. The van der Waals surface area contributed by atoms with Gasteiger partial charge in [0.05, 0.1) is 24.3 Å². The van der Waals surface area contributed by atoms with E-state index >= 15 is 0 Å². The molecule has 1 saturated heterocycles. The van der Waals surface area contributed by atoms with Crippen LogP contribution in [0.15, 0.2) is 0 Å². The summed E-state index contributed by atoms with van der Waals surface area (Å²) in [6.07, 6.45) is 3.06. The molecule has 5 nitrogen and oxygen atoms in total. The Kier molecular flexibility index (Phi) is 5.41. The molecule has 2 amide bonds. The Balaban J connectivity index is 2.45. The standard InChI is InChI=1S/C13H26N2O3/c1-5-10(11-7-6-8-18-11)14-12(16)15(4)9-13(2,3)17/h10-11,17H,5-9H2,1-4H3,(H,14,16). The van der Waals surface area contributed by atoms with Crippen LogP contribution in [-0.2, 0) is 4.74 Å². The second-order valence-corrected chi connectivity index (χ2v) is 5.68. The first-order chi connectivity index (χ1) is 8.33. The molecule has 18 heavy (non-hydrogen) atoms. The lowest BCUT2D eigenvalue weighted by Crippen LogP contribution is -2.50. The van der Waals surface area contributed by atoms with E-state index in [1.165, 1.54) is 4.90 Å². The Hall–Kier alpha value is -0.810. The summed E-state index contributed by atoms with van der Waals surface area (Å²) < 4.78 is 5.60. The van der Waals surface area contributed by atoms with Crippen LogP contribution in [0.3, 0.4) is 0 Å². The van der Waals surface area contributed by atoms with Gasteiger partial charge in [-0.1, -0.05) is 6.92 Å². The minimum Gasteiger partial charge on any atom is -0.389 e. The maximum Gasteiger partial charge on any atom is 0.317 e. The maximum atomic E-state index is 12.0. The third kappa shape index (κ3) is 4.82. The molecule has 0 aromatic heterocycles. The lowest BCUT2D eigenvalue weighted by molar-refractivity contribution is 0.0488. The minimum atomic E-state index is -0.877. The second-order valence-electron chi connectivity index (χ2n) is 5.68. The lowest BCUT2D eigenvalue weighted by atomic mass is 10.1. The second kappa shape index (κ2) is 6.38. The number of amides is 2. The van der Waals surface area contributed by atoms with Gasteiger partial charge in [0.15, 0.2) is 0 Å². The van der Waals surface area contributed by atoms with Crippen LogP contribution in [0.25, 0.3) is 0 Å². The molecule has 0 aliphatic carbocycles. The monoisotopic (exact) mass is 258 g/mol. The Morgan fingerprint density at radius 2 is 2.28 bits per heavy atom. The quantitative estimate of drug-likeness (QED) is 0.782. The van der Waals surface area contributed by atoms with Gasteiger partial charge in [0.25, 0.3) is 0 Å². The van der Waals surface area contributed by atoms with Crippen LogP contribution in [0.4, 0.5) is 4.79 Å². The number of ether oxygens (including phenoxy) is 1. The van der Waals surface area contributed by atoms with Crippen molar-refractivity contribution in [3.8, 4) is 0 Å². The molecule has 0 aromatic rings. The smallest absolute Gasteiger partial charge is 0.317 e. The minimum absolute atomic E-state index is 0.0595. The summed E-state index contributed by atoms with van der Waals surface area (Å²) >= 11 is 0. The van der Waals surface area contributed by atoms with Crippen LogP contribution in [0.2, 0.25) is 0 Å². The topological polar surface area (TPSA) is 61.8 Å². The van der Waals surface area contributed by atoms with Crippen molar-refractivity contribution in [3.05, 3.63) is 0 Å². The number of hydrogen-bond acceptors (Lipinski definition) is 3. The first-order valence-electron chi connectivity index (χ1n) is 6.69. The van der Waals surface area contributed by atoms with E-state index in [0.29, 0.717) is 6.54 Å². The average Bonchev–Trinajstić information content (AvgIpc) is 2.76. The highest BCUT2D eigenvalue weighted by Crippen LogP contribution is 2.17. The highest BCUT2D eigenvalue weighted by atomic mass is 16.5. The largest absolute Gasteiger partial charge is 0.389 e. The SMILES string of the molecule is CCC(NC(=O)N(C)CC(C)(C)O)C1CCCO1. The summed E-state index contributed by atoms with van der Waals surface area (Å²) in [6, 6.07) is -0.0938. The van der Waals surface area contributed by atoms with Gasteiger partial charge in [-0.15, -0.1) is 0 Å². The predicted octanol–water partition coefficient (Wildman–Crippen LogP) is 1.36. The van der Waals surface area contributed by atoms with Gasteiger partial charge >= 0.3 is 6.03 Å². The molecular formula is C13H26N2O3. The zero-order valence-corrected chi connectivity index (χ0v) is 11.9. The molecule has 2 unspecified atom stereocenters. The molecule has 1 rings (SSSR count). The third-order valence-electron chi connectivity index (χ3n) is 3.13. The van der Waals surface area contributed by atoms with Crippen LogP contribution in [0, 0.1) is 0 Å². The number of rotatable bonds is 5. The van der Waals surface area contributed by atoms with Crippen LogP contribution in [-0.4, -0.2) is 54.0 Å². The fraction of sp³-hybridized carbons (Fsp3) is 0.923. The summed E-state index contributed by atoms with van der Waals surface area (Å²) in [5, 5.41) is 12.7. The van der Waals surface area contributed by atoms with Gasteiger partial charge in [0.2, 0.25) is 0 Å². The molecule has 1 aliphatic heterocycles. The number of hydrogen-bond donors (Lipinski definition) is 2. The number of likely N-dealkylation sites (N-methyl/N-ethyl adjacent to an activating group) is 1. The molecule has 1 heterocycles. The van der Waals surface area contributed by atoms with E-state index in [1.54, 1.807) is 20.9 Å². The Labute approximate surface area is 109 Å². The van der Waals surface area contributed by atoms with Gasteiger partial charge in [0, 0.05) is 13.7 Å². The van der Waals surface area contributed by atoms with E-state index in [1.807, 2.05) is 6.92 Å². The van der Waals surface area contributed by atoms with Crippen LogP contribution in [0.1, 0.15) is 40.0 Å². The van der Waals surface area contributed by atoms with E-state index in [9.17, 15) is 9.90 Å². The Morgan fingerprint density at radius 3 is 2.72 bits per heavy atom. The van der Waals surface area contributed by atoms with Gasteiger partial charge < -0.3 is 20.1 Å². The molecule has 1 fully saturated rings. The molecule has 0 bridgehead atoms. The molecule has 1 aliphatic rings. The van der Waals surface area contributed by atoms with Crippen molar-refractivity contribution in [2.75, 3.05) is 20.2 Å². The van der Waals surface area contributed by atoms with Crippen molar-refractivity contribution in [3.63, 3.8) is 0 Å². The number of nitrogens with one attached hydrogen (secondary N) is 1. The molecule has 0 radical (unpaired) electrons. The number of carbonyl (C=O) groups is 1. The van der Waals surface area contributed by atoms with Crippen LogP contribution in [0.5, 0.6) is 0 Å². The fourth-order valence-corrected chi connectivity index (χ4v) is 2.30. The lowest BCUT2D eigenvalue weighted by Gasteiger charge is -2.29. The van der Waals surface area contributed by atoms with Crippen molar-refractivity contribution in [2.45, 2.75) is 57.8 Å². The molecular weight excluding hydrogens is 232 g/mol. The maximum absolute atomic E-state index is 12.0. The molecule has 0 aromatic carbocycles. The van der Waals surface area contributed by atoms with E-state index in [-0.39, 0.29) is 18.2 Å². The number of aliphatic hydroxyl groups is 1. The van der Waals surface area contributed by atoms with E-state index in [4.69, 9.17) is 4.74 Å². The van der Waals surface area contributed by atoms with E-state index in [2.05, 4.69) is 5.32 Å².